The molecule has 1 rings (SSSR count). The van der Waals surface area contributed by atoms with Gasteiger partial charge in [0, 0.05) is 0 Å². The second kappa shape index (κ2) is 9.61. The fourth-order valence-corrected chi connectivity index (χ4v) is 2.29. The van der Waals surface area contributed by atoms with Crippen LogP contribution in [0.3, 0.4) is 0 Å². The van der Waals surface area contributed by atoms with Crippen molar-refractivity contribution in [1.82, 2.24) is 0 Å². The number of allylic oxidation sites excluding steroid dienone is 1. The van der Waals surface area contributed by atoms with Crippen molar-refractivity contribution in [2.24, 2.45) is 0 Å². The molecule has 1 aromatic carbocycles. The summed E-state index contributed by atoms with van der Waals surface area (Å²) in [6, 6.07) is -3.44. The third kappa shape index (κ3) is 4.99. The number of rotatable bonds is 10. The van der Waals surface area contributed by atoms with Gasteiger partial charge in [-0.1, -0.05) is 0 Å². The molecule has 2 N–H and O–H groups in total. The van der Waals surface area contributed by atoms with Gasteiger partial charge < -0.3 is 14.9 Å². The monoisotopic (exact) mass is 612 g/mol. The molecule has 0 fully saturated rings. The number of carboxylic acids is 2. The lowest BCUT2D eigenvalue weighted by Crippen LogP contribution is -2.72. The third-order valence-electron chi connectivity index (χ3n) is 4.43. The Morgan fingerprint density at radius 2 is 1.03 bits per heavy atom. The van der Waals surface area contributed by atoms with Crippen molar-refractivity contribution >= 4 is 11.9 Å². The van der Waals surface area contributed by atoms with Crippen molar-refractivity contribution in [1.29, 1.82) is 0 Å². The molecule has 5 nitrogen and oxygen atoms in total. The largest absolute Gasteiger partial charge is 0.478 e. The molecule has 0 unspecified atom stereocenters. The molecule has 0 bridgehead atoms. The number of halogens is 17. The number of hydrogen-bond donors (Lipinski definition) is 2. The summed E-state index contributed by atoms with van der Waals surface area (Å²) in [4.78, 5) is 21.8. The van der Waals surface area contributed by atoms with E-state index in [4.69, 9.17) is 10.2 Å². The third-order valence-corrected chi connectivity index (χ3v) is 4.43. The first-order chi connectivity index (χ1) is 17.0. The normalized spacial score (nSPS) is 15.1. The molecule has 0 amide bonds. The van der Waals surface area contributed by atoms with Crippen molar-refractivity contribution in [2.75, 3.05) is 0 Å². The summed E-state index contributed by atoms with van der Waals surface area (Å²) in [5, 5.41) is 17.5. The van der Waals surface area contributed by atoms with Crippen LogP contribution in [0.1, 0.15) is 20.7 Å². The molecular formula is C17H5F17O5. The minimum atomic E-state index is -8.77. The van der Waals surface area contributed by atoms with E-state index in [0.717, 1.165) is 0 Å². The molecule has 0 aliphatic rings. The molecule has 0 radical (unpaired) electrons. The lowest BCUT2D eigenvalue weighted by Gasteiger charge is -2.41. The van der Waals surface area contributed by atoms with Gasteiger partial charge in [-0.15, -0.1) is 0 Å². The molecule has 222 valence electrons. The predicted molar refractivity (Wildman–Crippen MR) is 86.0 cm³/mol. The fourth-order valence-electron chi connectivity index (χ4n) is 2.29. The molecule has 0 saturated heterocycles. The standard InChI is InChI=1S/C17H5F17O5/c18-7(8(19)39-6-3-4(9(35)36)1-2-5(6)10(37)38)11(20,21)12(22,23)13(24,25)14(26,27)15(28,29)16(30,31)17(32,33)34/h1-3H,(H,35,36)(H,37,38). The first kappa shape index (κ1) is 33.5. The maximum atomic E-state index is 13.8. The van der Waals surface area contributed by atoms with Crippen LogP contribution in [-0.2, 0) is 0 Å². The summed E-state index contributed by atoms with van der Waals surface area (Å²) in [7, 11) is 0. The lowest BCUT2D eigenvalue weighted by molar-refractivity contribution is -0.451. The smallest absolute Gasteiger partial charge is 0.460 e. The number of carboxylic acid groups (broad SMARTS) is 2. The van der Waals surface area contributed by atoms with E-state index < -0.39 is 82.4 Å². The topological polar surface area (TPSA) is 83.8 Å². The van der Waals surface area contributed by atoms with Gasteiger partial charge in [-0.2, -0.15) is 74.6 Å². The van der Waals surface area contributed by atoms with Gasteiger partial charge in [-0.25, -0.2) is 9.59 Å². The Morgan fingerprint density at radius 1 is 0.615 bits per heavy atom. The highest BCUT2D eigenvalue weighted by Crippen LogP contribution is 2.63. The summed E-state index contributed by atoms with van der Waals surface area (Å²) in [6.07, 6.45) is -7.87. The highest BCUT2D eigenvalue weighted by Gasteiger charge is 2.93. The molecule has 0 aromatic heterocycles. The Kier molecular flexibility index (Phi) is 8.26. The number of carbonyl (C=O) groups is 2. The Bertz CT molecular complexity index is 1170. The van der Waals surface area contributed by atoms with Crippen molar-refractivity contribution in [3.8, 4) is 5.75 Å². The van der Waals surface area contributed by atoms with Crippen LogP contribution < -0.4 is 4.74 Å². The van der Waals surface area contributed by atoms with Crippen LogP contribution in [0.15, 0.2) is 30.0 Å². The van der Waals surface area contributed by atoms with E-state index in [9.17, 15) is 84.2 Å². The van der Waals surface area contributed by atoms with Crippen LogP contribution in [0.4, 0.5) is 74.6 Å². The van der Waals surface area contributed by atoms with E-state index in [1.54, 1.807) is 0 Å². The summed E-state index contributed by atoms with van der Waals surface area (Å²) < 4.78 is 228. The second-order valence-electron chi connectivity index (χ2n) is 6.96. The molecule has 0 saturated carbocycles. The number of benzene rings is 1. The Morgan fingerprint density at radius 3 is 1.41 bits per heavy atom. The van der Waals surface area contributed by atoms with E-state index in [1.807, 2.05) is 0 Å². The SMILES string of the molecule is O=C(O)c1ccc(C(=O)O)c(OC(F)=C(F)C(F)(F)C(F)(F)C(F)(F)C(F)(F)C(F)(F)C(F)(F)C(F)(F)F)c1. The predicted octanol–water partition coefficient (Wildman–Crippen LogP) is 6.94. The zero-order chi connectivity index (χ0) is 31.4. The van der Waals surface area contributed by atoms with Gasteiger partial charge in [0.05, 0.1) is 5.56 Å². The van der Waals surface area contributed by atoms with Gasteiger partial charge in [0.1, 0.15) is 11.3 Å². The Balaban J connectivity index is 3.73. The summed E-state index contributed by atoms with van der Waals surface area (Å²) >= 11 is 0. The lowest BCUT2D eigenvalue weighted by atomic mass is 9.91. The van der Waals surface area contributed by atoms with Gasteiger partial charge in [-0.05, 0) is 18.2 Å². The molecule has 1 aromatic rings. The number of aromatic carboxylic acids is 2. The zero-order valence-corrected chi connectivity index (χ0v) is 17.3. The van der Waals surface area contributed by atoms with Crippen LogP contribution >= 0.6 is 0 Å². The van der Waals surface area contributed by atoms with E-state index in [0.29, 0.717) is 6.07 Å². The first-order valence-electron chi connectivity index (χ1n) is 8.71. The molecule has 39 heavy (non-hydrogen) atoms. The summed E-state index contributed by atoms with van der Waals surface area (Å²) in [6.45, 7) is 0. The van der Waals surface area contributed by atoms with E-state index >= 15 is 0 Å². The van der Waals surface area contributed by atoms with Crippen LogP contribution in [0.2, 0.25) is 0 Å². The van der Waals surface area contributed by atoms with Crippen LogP contribution in [0.5, 0.6) is 5.75 Å². The molecule has 0 heterocycles. The number of hydrogen-bond acceptors (Lipinski definition) is 3. The van der Waals surface area contributed by atoms with Crippen LogP contribution in [0.25, 0.3) is 0 Å². The van der Waals surface area contributed by atoms with Gasteiger partial charge in [0.2, 0.25) is 5.83 Å². The Hall–Kier alpha value is -3.49. The minimum Gasteiger partial charge on any atom is -0.478 e. The van der Waals surface area contributed by atoms with Crippen LogP contribution in [0, 0.1) is 0 Å². The van der Waals surface area contributed by atoms with Crippen molar-refractivity contribution in [3.63, 3.8) is 0 Å². The van der Waals surface area contributed by atoms with Crippen molar-refractivity contribution in [2.45, 2.75) is 41.7 Å². The molecule has 22 heteroatoms. The maximum absolute atomic E-state index is 13.8. The highest BCUT2D eigenvalue weighted by molar-refractivity contribution is 5.94. The zero-order valence-electron chi connectivity index (χ0n) is 17.3. The Labute approximate surface area is 201 Å². The average Bonchev–Trinajstić information content (AvgIpc) is 2.76. The molecule has 0 spiro atoms. The fraction of sp³-hybridized carbons (Fsp3) is 0.412. The van der Waals surface area contributed by atoms with Crippen molar-refractivity contribution in [3.05, 3.63) is 41.2 Å². The molecular weight excluding hydrogens is 607 g/mol. The van der Waals surface area contributed by atoms with Gasteiger partial charge in [0.15, 0.2) is 0 Å². The number of alkyl halides is 15. The maximum Gasteiger partial charge on any atom is 0.460 e. The first-order valence-corrected chi connectivity index (χ1v) is 8.71. The second-order valence-corrected chi connectivity index (χ2v) is 6.96. The van der Waals surface area contributed by atoms with Crippen molar-refractivity contribution < 1.29 is 99.2 Å². The van der Waals surface area contributed by atoms with Crippen LogP contribution in [-0.4, -0.2) is 63.9 Å². The molecule has 0 aliphatic carbocycles. The van der Waals surface area contributed by atoms with E-state index in [-0.39, 0.29) is 12.1 Å². The van der Waals surface area contributed by atoms with Gasteiger partial charge >= 0.3 is 59.7 Å². The molecule has 0 atom stereocenters. The average molecular weight is 612 g/mol. The highest BCUT2D eigenvalue weighted by atomic mass is 19.4. The quantitative estimate of drug-likeness (QED) is 0.221. The summed E-state index contributed by atoms with van der Waals surface area (Å²) in [5.74, 6) is -61.5. The van der Waals surface area contributed by atoms with E-state index in [2.05, 4.69) is 4.74 Å². The minimum absolute atomic E-state index is 0.114. The summed E-state index contributed by atoms with van der Waals surface area (Å²) in [5.41, 5.74) is -2.58. The van der Waals surface area contributed by atoms with E-state index in [1.165, 1.54) is 0 Å². The molecule has 0 aliphatic heterocycles. The van der Waals surface area contributed by atoms with Gasteiger partial charge in [-0.3, -0.25) is 0 Å². The van der Waals surface area contributed by atoms with Gasteiger partial charge in [0.25, 0.3) is 0 Å². The number of ether oxygens (including phenoxy) is 1.